The van der Waals surface area contributed by atoms with Crippen molar-refractivity contribution in [2.45, 2.75) is 26.7 Å². The molecule has 0 aliphatic heterocycles. The number of hydrogen-bond acceptors (Lipinski definition) is 4. The fourth-order valence-electron chi connectivity index (χ4n) is 2.42. The molecule has 0 saturated heterocycles. The van der Waals surface area contributed by atoms with Gasteiger partial charge in [0.05, 0.1) is 4.92 Å². The number of anilines is 1. The molecule has 0 radical (unpaired) electrons. The number of aryl methyl sites for hydroxylation is 2. The van der Waals surface area contributed by atoms with Crippen LogP contribution in [-0.4, -0.2) is 20.6 Å². The SMILES string of the molecule is Cc1nn(C)c(C(=O)Nc2ccccc2C(C)C)c1[N+](=O)[O-]. The predicted octanol–water partition coefficient (Wildman–Crippen LogP) is 3.01. The van der Waals surface area contributed by atoms with Gasteiger partial charge in [-0.1, -0.05) is 32.0 Å². The molecule has 1 aromatic heterocycles. The minimum absolute atomic E-state index is 0.0546. The maximum Gasteiger partial charge on any atom is 0.322 e. The molecule has 7 heteroatoms. The van der Waals surface area contributed by atoms with Crippen molar-refractivity contribution >= 4 is 17.3 Å². The highest BCUT2D eigenvalue weighted by Crippen LogP contribution is 2.27. The van der Waals surface area contributed by atoms with Crippen LogP contribution in [0, 0.1) is 17.0 Å². The molecule has 2 rings (SSSR count). The van der Waals surface area contributed by atoms with Crippen LogP contribution >= 0.6 is 0 Å². The molecular weight excluding hydrogens is 284 g/mol. The van der Waals surface area contributed by atoms with Crippen molar-refractivity contribution in [1.82, 2.24) is 9.78 Å². The quantitative estimate of drug-likeness (QED) is 0.694. The Labute approximate surface area is 128 Å². The van der Waals surface area contributed by atoms with Crippen LogP contribution in [0.5, 0.6) is 0 Å². The van der Waals surface area contributed by atoms with E-state index in [0.29, 0.717) is 5.69 Å². The van der Waals surface area contributed by atoms with Gasteiger partial charge in [0.2, 0.25) is 5.69 Å². The van der Waals surface area contributed by atoms with Crippen LogP contribution in [0.4, 0.5) is 11.4 Å². The van der Waals surface area contributed by atoms with E-state index in [4.69, 9.17) is 0 Å². The van der Waals surface area contributed by atoms with E-state index in [1.807, 2.05) is 32.0 Å². The summed E-state index contributed by atoms with van der Waals surface area (Å²) in [5.41, 5.74) is 1.52. The number of hydrogen-bond donors (Lipinski definition) is 1. The summed E-state index contributed by atoms with van der Waals surface area (Å²) in [6.45, 7) is 5.54. The van der Waals surface area contributed by atoms with Gasteiger partial charge >= 0.3 is 5.69 Å². The second-order valence-electron chi connectivity index (χ2n) is 5.36. The van der Waals surface area contributed by atoms with E-state index in [2.05, 4.69) is 10.4 Å². The second kappa shape index (κ2) is 5.97. The van der Waals surface area contributed by atoms with Crippen LogP contribution < -0.4 is 5.32 Å². The molecule has 0 saturated carbocycles. The Morgan fingerprint density at radius 1 is 1.36 bits per heavy atom. The van der Waals surface area contributed by atoms with Crippen LogP contribution in [0.2, 0.25) is 0 Å². The van der Waals surface area contributed by atoms with Crippen molar-refractivity contribution < 1.29 is 9.72 Å². The van der Waals surface area contributed by atoms with Gasteiger partial charge in [0.15, 0.2) is 0 Å². The highest BCUT2D eigenvalue weighted by atomic mass is 16.6. The number of rotatable bonds is 4. The Balaban J connectivity index is 2.41. The van der Waals surface area contributed by atoms with Crippen molar-refractivity contribution in [3.8, 4) is 0 Å². The number of nitrogens with one attached hydrogen (secondary N) is 1. The van der Waals surface area contributed by atoms with Gasteiger partial charge in [-0.2, -0.15) is 5.10 Å². The predicted molar refractivity (Wildman–Crippen MR) is 83.1 cm³/mol. The first-order valence-electron chi connectivity index (χ1n) is 6.91. The lowest BCUT2D eigenvalue weighted by Crippen LogP contribution is -2.18. The summed E-state index contributed by atoms with van der Waals surface area (Å²) in [6, 6.07) is 7.40. The topological polar surface area (TPSA) is 90.1 Å². The molecule has 0 unspecified atom stereocenters. The average molecular weight is 302 g/mol. The lowest BCUT2D eigenvalue weighted by atomic mass is 10.0. The maximum absolute atomic E-state index is 12.5. The first-order chi connectivity index (χ1) is 10.3. The average Bonchev–Trinajstić information content (AvgIpc) is 2.73. The first-order valence-corrected chi connectivity index (χ1v) is 6.91. The first kappa shape index (κ1) is 15.7. The number of nitrogens with zero attached hydrogens (tertiary/aromatic N) is 3. The van der Waals surface area contributed by atoms with E-state index in [1.165, 1.54) is 18.7 Å². The van der Waals surface area contributed by atoms with Gasteiger partial charge in [-0.05, 0) is 24.5 Å². The monoisotopic (exact) mass is 302 g/mol. The number of aromatic nitrogens is 2. The Morgan fingerprint density at radius 2 is 2.00 bits per heavy atom. The minimum Gasteiger partial charge on any atom is -0.320 e. The van der Waals surface area contributed by atoms with Crippen LogP contribution in [0.3, 0.4) is 0 Å². The Morgan fingerprint density at radius 3 is 2.59 bits per heavy atom. The smallest absolute Gasteiger partial charge is 0.320 e. The van der Waals surface area contributed by atoms with E-state index in [1.54, 1.807) is 6.07 Å². The van der Waals surface area contributed by atoms with Crippen molar-refractivity contribution in [3.63, 3.8) is 0 Å². The van der Waals surface area contributed by atoms with Crippen LogP contribution in [0.15, 0.2) is 24.3 Å². The summed E-state index contributed by atoms with van der Waals surface area (Å²) in [6.07, 6.45) is 0. The minimum atomic E-state index is -0.578. The van der Waals surface area contributed by atoms with Crippen molar-refractivity contribution in [1.29, 1.82) is 0 Å². The fourth-order valence-corrected chi connectivity index (χ4v) is 2.42. The van der Waals surface area contributed by atoms with Gasteiger partial charge in [-0.25, -0.2) is 0 Å². The van der Waals surface area contributed by atoms with Crippen molar-refractivity contribution in [3.05, 3.63) is 51.3 Å². The van der Waals surface area contributed by atoms with E-state index >= 15 is 0 Å². The van der Waals surface area contributed by atoms with Crippen molar-refractivity contribution in [2.24, 2.45) is 7.05 Å². The molecule has 1 N–H and O–H groups in total. The van der Waals surface area contributed by atoms with E-state index < -0.39 is 10.8 Å². The van der Waals surface area contributed by atoms with Gasteiger partial charge in [0.25, 0.3) is 5.91 Å². The van der Waals surface area contributed by atoms with Crippen LogP contribution in [-0.2, 0) is 7.05 Å². The Kier molecular flexibility index (Phi) is 4.25. The molecule has 116 valence electrons. The molecule has 0 spiro atoms. The van der Waals surface area contributed by atoms with E-state index in [0.717, 1.165) is 5.56 Å². The van der Waals surface area contributed by atoms with Crippen LogP contribution in [0.1, 0.15) is 41.5 Å². The molecule has 0 fully saturated rings. The number of carbonyl (C=O) groups excluding carboxylic acids is 1. The standard InChI is InChI=1S/C15H18N4O3/c1-9(2)11-7-5-6-8-12(11)16-15(20)14-13(19(21)22)10(3)17-18(14)4/h5-9H,1-4H3,(H,16,20). The fraction of sp³-hybridized carbons (Fsp3) is 0.333. The number of para-hydroxylation sites is 1. The molecule has 22 heavy (non-hydrogen) atoms. The molecule has 0 aliphatic rings. The van der Waals surface area contributed by atoms with Gasteiger partial charge in [0.1, 0.15) is 5.69 Å². The van der Waals surface area contributed by atoms with E-state index in [-0.39, 0.29) is 23.0 Å². The molecule has 1 heterocycles. The van der Waals surface area contributed by atoms with Crippen molar-refractivity contribution in [2.75, 3.05) is 5.32 Å². The second-order valence-corrected chi connectivity index (χ2v) is 5.36. The Bertz CT molecular complexity index is 734. The zero-order valence-corrected chi connectivity index (χ0v) is 13.0. The highest BCUT2D eigenvalue weighted by molar-refractivity contribution is 6.06. The largest absolute Gasteiger partial charge is 0.322 e. The molecule has 1 aromatic carbocycles. The molecule has 2 aromatic rings. The molecule has 0 bridgehead atoms. The zero-order chi connectivity index (χ0) is 16.4. The summed E-state index contributed by atoms with van der Waals surface area (Å²) in [5, 5.41) is 17.9. The number of nitro groups is 1. The molecule has 1 amide bonds. The maximum atomic E-state index is 12.5. The third-order valence-corrected chi connectivity index (χ3v) is 3.42. The summed E-state index contributed by atoms with van der Waals surface area (Å²) >= 11 is 0. The lowest BCUT2D eigenvalue weighted by Gasteiger charge is -2.13. The van der Waals surface area contributed by atoms with Gasteiger partial charge in [0, 0.05) is 12.7 Å². The van der Waals surface area contributed by atoms with E-state index in [9.17, 15) is 14.9 Å². The van der Waals surface area contributed by atoms with Gasteiger partial charge in [-0.3, -0.25) is 19.6 Å². The third kappa shape index (κ3) is 2.83. The summed E-state index contributed by atoms with van der Waals surface area (Å²) in [5.74, 6) is -0.317. The third-order valence-electron chi connectivity index (χ3n) is 3.42. The molecule has 0 aliphatic carbocycles. The summed E-state index contributed by atoms with van der Waals surface area (Å²) in [7, 11) is 1.52. The highest BCUT2D eigenvalue weighted by Gasteiger charge is 2.29. The number of benzene rings is 1. The zero-order valence-electron chi connectivity index (χ0n) is 13.0. The summed E-state index contributed by atoms with van der Waals surface area (Å²) in [4.78, 5) is 23.1. The summed E-state index contributed by atoms with van der Waals surface area (Å²) < 4.78 is 1.24. The van der Waals surface area contributed by atoms with Gasteiger partial charge < -0.3 is 5.32 Å². The normalized spacial score (nSPS) is 10.8. The molecular formula is C15H18N4O3. The van der Waals surface area contributed by atoms with Gasteiger partial charge in [-0.15, -0.1) is 0 Å². The number of amides is 1. The molecule has 7 nitrogen and oxygen atoms in total. The number of carbonyl (C=O) groups is 1. The molecule has 0 atom stereocenters. The lowest BCUT2D eigenvalue weighted by molar-refractivity contribution is -0.385. The Hall–Kier alpha value is -2.70. The van der Waals surface area contributed by atoms with Crippen LogP contribution in [0.25, 0.3) is 0 Å².